The predicted molar refractivity (Wildman–Crippen MR) is 79.8 cm³/mol. The molecule has 0 atom stereocenters. The van der Waals surface area contributed by atoms with Gasteiger partial charge in [-0.1, -0.05) is 24.3 Å². The van der Waals surface area contributed by atoms with E-state index >= 15 is 0 Å². The van der Waals surface area contributed by atoms with Crippen molar-refractivity contribution in [1.82, 2.24) is 9.88 Å². The van der Waals surface area contributed by atoms with Gasteiger partial charge in [0.25, 0.3) is 0 Å². The Morgan fingerprint density at radius 3 is 2.60 bits per heavy atom. The smallest absolute Gasteiger partial charge is 0.307 e. The Bertz CT molecular complexity index is 595. The summed E-state index contributed by atoms with van der Waals surface area (Å²) >= 11 is 1.65. The lowest BCUT2D eigenvalue weighted by atomic mass is 10.0. The van der Waals surface area contributed by atoms with E-state index in [2.05, 4.69) is 15.3 Å². The van der Waals surface area contributed by atoms with E-state index in [1.54, 1.807) is 11.3 Å². The van der Waals surface area contributed by atoms with Crippen LogP contribution in [-0.4, -0.2) is 28.0 Å². The minimum Gasteiger partial charge on any atom is -0.481 e. The quantitative estimate of drug-likeness (QED) is 0.888. The summed E-state index contributed by atoms with van der Waals surface area (Å²) in [7, 11) is 2.02. The summed E-state index contributed by atoms with van der Waals surface area (Å²) in [6.45, 7) is 3.49. The van der Waals surface area contributed by atoms with E-state index < -0.39 is 5.97 Å². The van der Waals surface area contributed by atoms with Crippen LogP contribution in [-0.2, 0) is 24.3 Å². The average molecular weight is 290 g/mol. The molecule has 0 amide bonds. The summed E-state index contributed by atoms with van der Waals surface area (Å²) < 4.78 is 0. The molecule has 0 bridgehead atoms. The Balaban J connectivity index is 2.03. The van der Waals surface area contributed by atoms with E-state index in [0.29, 0.717) is 0 Å². The molecule has 0 radical (unpaired) electrons. The van der Waals surface area contributed by atoms with Crippen LogP contribution in [0.5, 0.6) is 0 Å². The van der Waals surface area contributed by atoms with Gasteiger partial charge in [0.05, 0.1) is 17.1 Å². The van der Waals surface area contributed by atoms with Crippen molar-refractivity contribution in [3.63, 3.8) is 0 Å². The van der Waals surface area contributed by atoms with Gasteiger partial charge in [0.15, 0.2) is 0 Å². The van der Waals surface area contributed by atoms with Gasteiger partial charge < -0.3 is 5.11 Å². The van der Waals surface area contributed by atoms with E-state index in [4.69, 9.17) is 5.11 Å². The molecule has 2 rings (SSSR count). The van der Waals surface area contributed by atoms with Gasteiger partial charge in [-0.2, -0.15) is 0 Å². The first-order valence-corrected chi connectivity index (χ1v) is 7.30. The second-order valence-corrected chi connectivity index (χ2v) is 5.93. The highest BCUT2D eigenvalue weighted by Gasteiger charge is 2.09. The molecule has 0 unspecified atom stereocenters. The highest BCUT2D eigenvalue weighted by atomic mass is 32.1. The number of rotatable bonds is 6. The minimum atomic E-state index is -0.796. The molecule has 2 aromatic rings. The SMILES string of the molecule is Cc1nc(CN(C)Cc2ccccc2CC(=O)O)cs1. The molecule has 0 aliphatic rings. The van der Waals surface area contributed by atoms with E-state index in [9.17, 15) is 4.79 Å². The summed E-state index contributed by atoms with van der Waals surface area (Å²) in [4.78, 5) is 17.5. The average Bonchev–Trinajstić information content (AvgIpc) is 2.76. The zero-order valence-corrected chi connectivity index (χ0v) is 12.5. The molecule has 0 aliphatic carbocycles. The van der Waals surface area contributed by atoms with E-state index in [1.165, 1.54) is 0 Å². The molecular weight excluding hydrogens is 272 g/mol. The molecule has 4 nitrogen and oxygen atoms in total. The van der Waals surface area contributed by atoms with Crippen molar-refractivity contribution in [3.05, 3.63) is 51.5 Å². The number of nitrogens with zero attached hydrogens (tertiary/aromatic N) is 2. The van der Waals surface area contributed by atoms with Gasteiger partial charge in [-0.25, -0.2) is 4.98 Å². The number of aromatic nitrogens is 1. The van der Waals surface area contributed by atoms with Crippen LogP contribution < -0.4 is 0 Å². The Labute approximate surface area is 122 Å². The predicted octanol–water partition coefficient (Wildman–Crippen LogP) is 2.71. The van der Waals surface area contributed by atoms with Crippen LogP contribution >= 0.6 is 11.3 Å². The first kappa shape index (κ1) is 14.7. The van der Waals surface area contributed by atoms with Crippen LogP contribution in [0.3, 0.4) is 0 Å². The van der Waals surface area contributed by atoms with Gasteiger partial charge in [-0.05, 0) is 25.1 Å². The molecule has 1 aromatic carbocycles. The molecule has 0 saturated carbocycles. The molecule has 5 heteroatoms. The van der Waals surface area contributed by atoms with Crippen molar-refractivity contribution in [2.24, 2.45) is 0 Å². The largest absolute Gasteiger partial charge is 0.481 e. The number of benzene rings is 1. The molecule has 20 heavy (non-hydrogen) atoms. The molecule has 1 aromatic heterocycles. The maximum absolute atomic E-state index is 10.9. The van der Waals surface area contributed by atoms with E-state index in [1.807, 2.05) is 38.2 Å². The Hall–Kier alpha value is -1.72. The van der Waals surface area contributed by atoms with E-state index in [-0.39, 0.29) is 6.42 Å². The topological polar surface area (TPSA) is 53.4 Å². The number of carboxylic acids is 1. The third-order valence-electron chi connectivity index (χ3n) is 3.00. The molecule has 0 fully saturated rings. The fraction of sp³-hybridized carbons (Fsp3) is 0.333. The molecular formula is C15H18N2O2S. The van der Waals surface area contributed by atoms with Crippen molar-refractivity contribution in [3.8, 4) is 0 Å². The van der Waals surface area contributed by atoms with Crippen molar-refractivity contribution in [2.75, 3.05) is 7.05 Å². The minimum absolute atomic E-state index is 0.0693. The summed E-state index contributed by atoms with van der Waals surface area (Å²) in [5.41, 5.74) is 3.00. The number of aliphatic carboxylic acids is 1. The zero-order valence-electron chi connectivity index (χ0n) is 11.7. The molecule has 0 aliphatic heterocycles. The molecule has 0 saturated heterocycles. The second kappa shape index (κ2) is 6.63. The second-order valence-electron chi connectivity index (χ2n) is 4.87. The van der Waals surface area contributed by atoms with Gasteiger partial charge >= 0.3 is 5.97 Å². The van der Waals surface area contributed by atoms with Crippen LogP contribution in [0.25, 0.3) is 0 Å². The standard InChI is InChI=1S/C15H18N2O2S/c1-11-16-14(10-20-11)9-17(2)8-13-6-4-3-5-12(13)7-15(18)19/h3-6,10H,7-9H2,1-2H3,(H,18,19). The molecule has 0 spiro atoms. The van der Waals surface area contributed by atoms with Crippen LogP contribution in [0.15, 0.2) is 29.6 Å². The number of carbonyl (C=O) groups is 1. The zero-order chi connectivity index (χ0) is 14.5. The third kappa shape index (κ3) is 4.15. The van der Waals surface area contributed by atoms with Crippen molar-refractivity contribution >= 4 is 17.3 Å². The van der Waals surface area contributed by atoms with Crippen LogP contribution in [0, 0.1) is 6.92 Å². The summed E-state index contributed by atoms with van der Waals surface area (Å²) in [5, 5.41) is 12.1. The highest BCUT2D eigenvalue weighted by Crippen LogP contribution is 2.15. The third-order valence-corrected chi connectivity index (χ3v) is 3.82. The Morgan fingerprint density at radius 2 is 2.00 bits per heavy atom. The summed E-state index contributed by atoms with van der Waals surface area (Å²) in [5.74, 6) is -0.796. The van der Waals surface area contributed by atoms with Crippen LogP contribution in [0.4, 0.5) is 0 Å². The van der Waals surface area contributed by atoms with Gasteiger partial charge in [-0.3, -0.25) is 9.69 Å². The van der Waals surface area contributed by atoms with Gasteiger partial charge in [0.2, 0.25) is 0 Å². The lowest BCUT2D eigenvalue weighted by molar-refractivity contribution is -0.136. The maximum atomic E-state index is 10.9. The summed E-state index contributed by atoms with van der Waals surface area (Å²) in [6.07, 6.45) is 0.0693. The fourth-order valence-corrected chi connectivity index (χ4v) is 2.76. The molecule has 1 N–H and O–H groups in total. The number of carboxylic acid groups (broad SMARTS) is 1. The number of aryl methyl sites for hydroxylation is 1. The monoisotopic (exact) mass is 290 g/mol. The Morgan fingerprint density at radius 1 is 1.30 bits per heavy atom. The van der Waals surface area contributed by atoms with Crippen molar-refractivity contribution in [2.45, 2.75) is 26.4 Å². The number of hydrogen-bond acceptors (Lipinski definition) is 4. The number of hydrogen-bond donors (Lipinski definition) is 1. The van der Waals surface area contributed by atoms with Crippen LogP contribution in [0.1, 0.15) is 21.8 Å². The first-order chi connectivity index (χ1) is 9.54. The van der Waals surface area contributed by atoms with Crippen molar-refractivity contribution in [1.29, 1.82) is 0 Å². The van der Waals surface area contributed by atoms with E-state index in [0.717, 1.165) is 34.9 Å². The van der Waals surface area contributed by atoms with Crippen molar-refractivity contribution < 1.29 is 9.90 Å². The van der Waals surface area contributed by atoms with Gasteiger partial charge in [0, 0.05) is 18.5 Å². The fourth-order valence-electron chi connectivity index (χ4n) is 2.15. The first-order valence-electron chi connectivity index (χ1n) is 6.42. The van der Waals surface area contributed by atoms with Gasteiger partial charge in [-0.15, -0.1) is 11.3 Å². The summed E-state index contributed by atoms with van der Waals surface area (Å²) in [6, 6.07) is 7.69. The maximum Gasteiger partial charge on any atom is 0.307 e. The lowest BCUT2D eigenvalue weighted by Gasteiger charge is -2.17. The van der Waals surface area contributed by atoms with Gasteiger partial charge in [0.1, 0.15) is 0 Å². The lowest BCUT2D eigenvalue weighted by Crippen LogP contribution is -2.19. The normalized spacial score (nSPS) is 10.9. The Kier molecular flexibility index (Phi) is 4.87. The van der Waals surface area contributed by atoms with Crippen LogP contribution in [0.2, 0.25) is 0 Å². The highest BCUT2D eigenvalue weighted by molar-refractivity contribution is 7.09. The molecule has 106 valence electrons. The molecule has 1 heterocycles. The number of thiazole rings is 1.